The highest BCUT2D eigenvalue weighted by molar-refractivity contribution is 9.10. The number of likely N-dealkylation sites (tertiary alicyclic amines) is 1. The fourth-order valence-electron chi connectivity index (χ4n) is 3.88. The number of ether oxygens (including phenoxy) is 1. The maximum atomic E-state index is 12.5. The number of piperidine rings is 1. The smallest absolute Gasteiger partial charge is 0.340 e. The standard InChI is InChI=1S/C18H21BrClNO3/c19-13-7-8-15(20)14(10-13)18(23)24-11-17(22)21-9-3-5-12-4-1-2-6-16(12)21/h7-8,10,12,16H,1-6,9,11H2/t12-,16-/m0/s1. The van der Waals surface area contributed by atoms with Gasteiger partial charge in [0.15, 0.2) is 6.61 Å². The van der Waals surface area contributed by atoms with Gasteiger partial charge in [-0.2, -0.15) is 0 Å². The van der Waals surface area contributed by atoms with Gasteiger partial charge in [-0.25, -0.2) is 4.79 Å². The third kappa shape index (κ3) is 3.94. The van der Waals surface area contributed by atoms with Crippen LogP contribution < -0.4 is 0 Å². The molecule has 0 aromatic heterocycles. The van der Waals surface area contributed by atoms with Gasteiger partial charge < -0.3 is 9.64 Å². The number of amides is 1. The Hall–Kier alpha value is -1.07. The first-order chi connectivity index (χ1) is 11.6. The van der Waals surface area contributed by atoms with E-state index >= 15 is 0 Å². The predicted octanol–water partition coefficient (Wildman–Crippen LogP) is 4.44. The zero-order valence-corrected chi connectivity index (χ0v) is 15.8. The molecule has 6 heteroatoms. The average molecular weight is 415 g/mol. The molecule has 0 spiro atoms. The van der Waals surface area contributed by atoms with Crippen LogP contribution >= 0.6 is 27.5 Å². The molecule has 1 heterocycles. The minimum Gasteiger partial charge on any atom is -0.452 e. The minimum atomic E-state index is -0.563. The maximum Gasteiger partial charge on any atom is 0.340 e. The molecule has 1 aliphatic carbocycles. The van der Waals surface area contributed by atoms with Crippen molar-refractivity contribution in [1.82, 2.24) is 4.90 Å². The van der Waals surface area contributed by atoms with Crippen molar-refractivity contribution in [3.8, 4) is 0 Å². The van der Waals surface area contributed by atoms with Crippen molar-refractivity contribution >= 4 is 39.4 Å². The number of carbonyl (C=O) groups excluding carboxylic acids is 2. The molecule has 1 saturated carbocycles. The highest BCUT2D eigenvalue weighted by Gasteiger charge is 2.35. The molecule has 1 amide bonds. The highest BCUT2D eigenvalue weighted by Crippen LogP contribution is 2.35. The van der Waals surface area contributed by atoms with E-state index in [9.17, 15) is 9.59 Å². The molecule has 3 rings (SSSR count). The van der Waals surface area contributed by atoms with E-state index in [1.807, 2.05) is 4.90 Å². The Bertz CT molecular complexity index is 635. The van der Waals surface area contributed by atoms with Crippen LogP contribution in [0.15, 0.2) is 22.7 Å². The molecule has 0 bridgehead atoms. The van der Waals surface area contributed by atoms with Crippen molar-refractivity contribution in [3.63, 3.8) is 0 Å². The molecule has 2 atom stereocenters. The molecule has 2 fully saturated rings. The van der Waals surface area contributed by atoms with E-state index in [1.165, 1.54) is 25.7 Å². The lowest BCUT2D eigenvalue weighted by atomic mass is 9.78. The lowest BCUT2D eigenvalue weighted by molar-refractivity contribution is -0.140. The molecule has 1 aromatic carbocycles. The van der Waals surface area contributed by atoms with Gasteiger partial charge in [-0.1, -0.05) is 40.4 Å². The van der Waals surface area contributed by atoms with E-state index in [0.29, 0.717) is 17.0 Å². The summed E-state index contributed by atoms with van der Waals surface area (Å²) in [6.07, 6.45) is 6.97. The largest absolute Gasteiger partial charge is 0.452 e. The second-order valence-corrected chi connectivity index (χ2v) is 7.86. The van der Waals surface area contributed by atoms with Crippen LogP contribution in [0.25, 0.3) is 0 Å². The van der Waals surface area contributed by atoms with Crippen LogP contribution in [0, 0.1) is 5.92 Å². The molecular weight excluding hydrogens is 394 g/mol. The summed E-state index contributed by atoms with van der Waals surface area (Å²) in [7, 11) is 0. The Morgan fingerprint density at radius 1 is 1.21 bits per heavy atom. The molecule has 1 aliphatic heterocycles. The van der Waals surface area contributed by atoms with Crippen LogP contribution in [0.4, 0.5) is 0 Å². The first kappa shape index (κ1) is 17.7. The number of benzene rings is 1. The van der Waals surface area contributed by atoms with Crippen LogP contribution in [0.3, 0.4) is 0 Å². The summed E-state index contributed by atoms with van der Waals surface area (Å²) in [4.78, 5) is 26.7. The fraction of sp³-hybridized carbons (Fsp3) is 0.556. The second-order valence-electron chi connectivity index (χ2n) is 6.54. The number of hydrogen-bond acceptors (Lipinski definition) is 3. The Labute approximate surface area is 155 Å². The van der Waals surface area contributed by atoms with E-state index in [1.54, 1.807) is 18.2 Å². The SMILES string of the molecule is O=C(OCC(=O)N1CCC[C@@H]2CCCC[C@@H]21)c1cc(Br)ccc1Cl. The van der Waals surface area contributed by atoms with E-state index < -0.39 is 5.97 Å². The number of hydrogen-bond donors (Lipinski definition) is 0. The van der Waals surface area contributed by atoms with Crippen molar-refractivity contribution in [2.75, 3.05) is 13.2 Å². The fourth-order valence-corrected chi connectivity index (χ4v) is 4.43. The van der Waals surface area contributed by atoms with Gasteiger partial charge in [0.05, 0.1) is 10.6 Å². The van der Waals surface area contributed by atoms with Crippen LogP contribution in [0.5, 0.6) is 0 Å². The maximum absolute atomic E-state index is 12.5. The number of rotatable bonds is 3. The first-order valence-electron chi connectivity index (χ1n) is 8.48. The number of carbonyl (C=O) groups is 2. The molecule has 0 radical (unpaired) electrons. The van der Waals surface area contributed by atoms with E-state index in [4.69, 9.17) is 16.3 Å². The highest BCUT2D eigenvalue weighted by atomic mass is 79.9. The number of nitrogens with zero attached hydrogens (tertiary/aromatic N) is 1. The monoisotopic (exact) mass is 413 g/mol. The molecular formula is C18H21BrClNO3. The molecule has 130 valence electrons. The zero-order valence-electron chi connectivity index (χ0n) is 13.5. The molecule has 4 nitrogen and oxygen atoms in total. The molecule has 2 aliphatic rings. The topological polar surface area (TPSA) is 46.6 Å². The lowest BCUT2D eigenvalue weighted by Gasteiger charge is -2.44. The molecule has 1 saturated heterocycles. The molecule has 24 heavy (non-hydrogen) atoms. The Kier molecular flexibility index (Phi) is 5.82. The summed E-state index contributed by atoms with van der Waals surface area (Å²) in [6, 6.07) is 5.31. The second kappa shape index (κ2) is 7.87. The van der Waals surface area contributed by atoms with Gasteiger partial charge in [0.2, 0.25) is 0 Å². The zero-order chi connectivity index (χ0) is 17.1. The van der Waals surface area contributed by atoms with Gasteiger partial charge in [0.1, 0.15) is 0 Å². The van der Waals surface area contributed by atoms with Crippen molar-refractivity contribution in [2.45, 2.75) is 44.6 Å². The van der Waals surface area contributed by atoms with Crippen LogP contribution in [-0.4, -0.2) is 36.0 Å². The number of esters is 1. The number of halogens is 2. The summed E-state index contributed by atoms with van der Waals surface area (Å²) in [5, 5.41) is 0.320. The summed E-state index contributed by atoms with van der Waals surface area (Å²) in [5.74, 6) is -0.0374. The summed E-state index contributed by atoms with van der Waals surface area (Å²) < 4.78 is 5.97. The van der Waals surface area contributed by atoms with Gasteiger partial charge in [-0.05, 0) is 49.8 Å². The van der Waals surface area contributed by atoms with Crippen molar-refractivity contribution in [2.24, 2.45) is 5.92 Å². The predicted molar refractivity (Wildman–Crippen MR) is 96.1 cm³/mol. The summed E-state index contributed by atoms with van der Waals surface area (Å²) in [6.45, 7) is 0.556. The minimum absolute atomic E-state index is 0.0916. The molecule has 0 unspecified atom stereocenters. The van der Waals surface area contributed by atoms with Crippen molar-refractivity contribution in [3.05, 3.63) is 33.3 Å². The normalized spacial score (nSPS) is 23.5. The Morgan fingerprint density at radius 3 is 2.79 bits per heavy atom. The Morgan fingerprint density at radius 2 is 1.96 bits per heavy atom. The van der Waals surface area contributed by atoms with Crippen molar-refractivity contribution in [1.29, 1.82) is 0 Å². The van der Waals surface area contributed by atoms with E-state index in [2.05, 4.69) is 15.9 Å². The third-order valence-electron chi connectivity index (χ3n) is 5.04. The summed E-state index contributed by atoms with van der Waals surface area (Å²) >= 11 is 9.33. The van der Waals surface area contributed by atoms with Gasteiger partial charge in [-0.3, -0.25) is 4.79 Å². The van der Waals surface area contributed by atoms with Gasteiger partial charge in [0.25, 0.3) is 5.91 Å². The van der Waals surface area contributed by atoms with E-state index in [-0.39, 0.29) is 18.1 Å². The van der Waals surface area contributed by atoms with Gasteiger partial charge in [0, 0.05) is 17.1 Å². The first-order valence-corrected chi connectivity index (χ1v) is 9.65. The Balaban J connectivity index is 1.60. The quantitative estimate of drug-likeness (QED) is 0.687. The molecule has 1 aromatic rings. The van der Waals surface area contributed by atoms with Crippen LogP contribution in [-0.2, 0) is 9.53 Å². The lowest BCUT2D eigenvalue weighted by Crippen LogP contribution is -2.50. The van der Waals surface area contributed by atoms with Crippen LogP contribution in [0.1, 0.15) is 48.9 Å². The van der Waals surface area contributed by atoms with Gasteiger partial charge in [-0.15, -0.1) is 0 Å². The summed E-state index contributed by atoms with van der Waals surface area (Å²) in [5.41, 5.74) is 0.271. The number of fused-ring (bicyclic) bond motifs is 1. The molecule has 0 N–H and O–H groups in total. The van der Waals surface area contributed by atoms with Gasteiger partial charge >= 0.3 is 5.97 Å². The average Bonchev–Trinajstić information content (AvgIpc) is 2.61. The van der Waals surface area contributed by atoms with E-state index in [0.717, 1.165) is 23.9 Å². The third-order valence-corrected chi connectivity index (χ3v) is 5.86. The van der Waals surface area contributed by atoms with Crippen LogP contribution in [0.2, 0.25) is 5.02 Å². The van der Waals surface area contributed by atoms with Crippen molar-refractivity contribution < 1.29 is 14.3 Å².